The summed E-state index contributed by atoms with van der Waals surface area (Å²) in [6.07, 6.45) is 14.0. The van der Waals surface area contributed by atoms with E-state index < -0.39 is 77.9 Å². The average molecular weight is 976 g/mol. The highest BCUT2D eigenvalue weighted by Gasteiger charge is 2.53. The van der Waals surface area contributed by atoms with Crippen molar-refractivity contribution >= 4 is 29.1 Å². The van der Waals surface area contributed by atoms with Crippen molar-refractivity contribution < 1.29 is 53.4 Å². The molecule has 6 N–H and O–H groups in total. The van der Waals surface area contributed by atoms with Crippen LogP contribution in [0.25, 0.3) is 0 Å². The molecule has 14 nitrogen and oxygen atoms in total. The standard InChI is InChI=1S/C56H85N3O11/c1-34-16-11-10-12-18-36(3)45(58-43-19-15-17-35(2)29-43)33-44-24-21-40(7)56(66,70-44)53(63)54(64)59-27-14-13-20-46(59)55(65)69-48(37(4)30-41-22-25-47(60)49(32-41)67-8)26-23-42(57)31-39(6)51(62)52(68-9)50(61)38(5)28-34/h10-12,15-19,29,31,34,37-38,40-42,44-49,51-52,58,60,62,66H,13-14,20-28,30,32-33,57H2,1-9H3/b12-10+,16-11+,36-18+,39-31+/t34-,37-,38-,40?,41+,42+,44+,45+,46+,47-,48+,49-,51-,52+,56-/m1/s1. The van der Waals surface area contributed by atoms with Crippen molar-refractivity contribution in [1.82, 2.24) is 4.90 Å². The number of benzene rings is 1. The van der Waals surface area contributed by atoms with Crippen LogP contribution in [0, 0.1) is 36.5 Å². The molecule has 2 bridgehead atoms. The zero-order valence-electron chi connectivity index (χ0n) is 43.4. The van der Waals surface area contributed by atoms with Crippen molar-refractivity contribution in [2.75, 3.05) is 26.1 Å². The highest BCUT2D eigenvalue weighted by Crippen LogP contribution is 2.38. The van der Waals surface area contributed by atoms with E-state index >= 15 is 0 Å². The van der Waals surface area contributed by atoms with Crippen LogP contribution in [0.2, 0.25) is 0 Å². The van der Waals surface area contributed by atoms with Crippen molar-refractivity contribution in [3.05, 3.63) is 77.4 Å². The molecule has 14 heteroatoms. The number of ketones is 2. The van der Waals surface area contributed by atoms with Gasteiger partial charge in [0.05, 0.1) is 18.3 Å². The van der Waals surface area contributed by atoms with Crippen LogP contribution in [-0.2, 0) is 38.1 Å². The quantitative estimate of drug-likeness (QED) is 0.102. The third-order valence-electron chi connectivity index (χ3n) is 15.5. The van der Waals surface area contributed by atoms with Crippen molar-refractivity contribution in [3.8, 4) is 0 Å². The Morgan fingerprint density at radius 1 is 0.886 bits per heavy atom. The highest BCUT2D eigenvalue weighted by molar-refractivity contribution is 6.39. The number of carbonyl (C=O) groups excluding carboxylic acids is 4. The highest BCUT2D eigenvalue weighted by atomic mass is 16.6. The number of methoxy groups -OCH3 is 2. The van der Waals surface area contributed by atoms with Crippen LogP contribution in [0.1, 0.15) is 131 Å². The number of hydrogen-bond donors (Lipinski definition) is 5. The minimum Gasteiger partial charge on any atom is -0.461 e. The molecule has 1 unspecified atom stereocenters. The largest absolute Gasteiger partial charge is 0.461 e. The van der Waals surface area contributed by atoms with Gasteiger partial charge in [-0.1, -0.05) is 81.9 Å². The maximum absolute atomic E-state index is 14.5. The molecule has 1 aromatic carbocycles. The van der Waals surface area contributed by atoms with Gasteiger partial charge >= 0.3 is 5.97 Å². The SMILES string of the molecule is CO[C@@H]1C[C@H](C[C@@H](C)[C@@H]2CC[C@H](N)/C=C(\C)[C@@H](O)[C@@H](OC)C(=O)[C@H](C)C[C@H](C)/C=C/C=C/C=C(\C)[C@@H](Nc3cccc(C)c3)C[C@@H]3CCC(C)[C@@](O)(O3)C(=O)C(=O)N3CCCC[C@H]3C(=O)O2)CC[C@H]1O. The lowest BCUT2D eigenvalue weighted by Crippen LogP contribution is -2.61. The predicted octanol–water partition coefficient (Wildman–Crippen LogP) is 7.47. The van der Waals surface area contributed by atoms with E-state index in [1.165, 1.54) is 12.0 Å². The molecular weight excluding hydrogens is 891 g/mol. The van der Waals surface area contributed by atoms with E-state index in [9.17, 15) is 34.5 Å². The maximum Gasteiger partial charge on any atom is 0.329 e. The fourth-order valence-corrected chi connectivity index (χ4v) is 11.0. The Labute approximate surface area is 417 Å². The van der Waals surface area contributed by atoms with Crippen molar-refractivity contribution in [3.63, 3.8) is 0 Å². The fourth-order valence-electron chi connectivity index (χ4n) is 11.0. The normalized spacial score (nSPS) is 38.2. The molecule has 1 aliphatic carbocycles. The first-order chi connectivity index (χ1) is 33.3. The van der Waals surface area contributed by atoms with E-state index in [0.29, 0.717) is 76.2 Å². The molecule has 3 aliphatic heterocycles. The molecule has 2 saturated heterocycles. The van der Waals surface area contributed by atoms with Gasteiger partial charge in [0.15, 0.2) is 5.78 Å². The van der Waals surface area contributed by atoms with Gasteiger partial charge in [0, 0.05) is 50.4 Å². The number of amides is 1. The van der Waals surface area contributed by atoms with E-state index in [0.717, 1.165) is 23.2 Å². The summed E-state index contributed by atoms with van der Waals surface area (Å²) in [7, 11) is 3.02. The van der Waals surface area contributed by atoms with E-state index in [1.807, 2.05) is 89.3 Å². The molecule has 5 rings (SSSR count). The first-order valence-electron chi connectivity index (χ1n) is 26.0. The number of nitrogens with one attached hydrogen (secondary N) is 1. The van der Waals surface area contributed by atoms with Crippen LogP contribution < -0.4 is 11.1 Å². The van der Waals surface area contributed by atoms with Gasteiger partial charge in [0.1, 0.15) is 24.4 Å². The topological polar surface area (TPSA) is 207 Å². The number of rotatable bonds is 7. The smallest absolute Gasteiger partial charge is 0.329 e. The Balaban J connectivity index is 1.48. The Morgan fingerprint density at radius 2 is 1.64 bits per heavy atom. The minimum atomic E-state index is -2.41. The second-order valence-electron chi connectivity index (χ2n) is 21.2. The molecule has 70 heavy (non-hydrogen) atoms. The number of carbonyl (C=O) groups is 4. The van der Waals surface area contributed by atoms with Crippen LogP contribution in [0.4, 0.5) is 5.69 Å². The number of aryl methyl sites for hydroxylation is 1. The second kappa shape index (κ2) is 26.6. The van der Waals surface area contributed by atoms with Crippen molar-refractivity contribution in [2.24, 2.45) is 35.3 Å². The third-order valence-corrected chi connectivity index (χ3v) is 15.5. The summed E-state index contributed by atoms with van der Waals surface area (Å²) in [5.74, 6) is -6.34. The van der Waals surface area contributed by atoms with Crippen LogP contribution in [0.5, 0.6) is 0 Å². The first-order valence-corrected chi connectivity index (χ1v) is 26.0. The van der Waals surface area contributed by atoms with E-state index in [-0.39, 0.29) is 48.6 Å². The molecule has 1 amide bonds. The van der Waals surface area contributed by atoms with Crippen LogP contribution >= 0.6 is 0 Å². The number of fused-ring (bicyclic) bond motifs is 3. The Morgan fingerprint density at radius 3 is 2.36 bits per heavy atom. The van der Waals surface area contributed by atoms with Crippen LogP contribution in [-0.4, -0.2) is 125 Å². The lowest BCUT2D eigenvalue weighted by atomic mass is 9.78. The van der Waals surface area contributed by atoms with Gasteiger partial charge in [-0.15, -0.1) is 0 Å². The molecule has 0 spiro atoms. The molecule has 1 aromatic rings. The maximum atomic E-state index is 14.5. The molecular formula is C56H85N3O11. The van der Waals surface area contributed by atoms with Crippen LogP contribution in [0.3, 0.4) is 0 Å². The molecule has 1 saturated carbocycles. The molecule has 4 aliphatic rings. The van der Waals surface area contributed by atoms with Gasteiger partial charge < -0.3 is 50.2 Å². The van der Waals surface area contributed by atoms with Gasteiger partial charge in [-0.3, -0.25) is 14.4 Å². The number of esters is 1. The summed E-state index contributed by atoms with van der Waals surface area (Å²) in [5.41, 5.74) is 10.1. The van der Waals surface area contributed by atoms with Crippen LogP contribution in [0.15, 0.2) is 71.9 Å². The lowest BCUT2D eigenvalue weighted by molar-refractivity contribution is -0.263. The number of nitrogens with zero attached hydrogens (tertiary/aromatic N) is 1. The second-order valence-corrected chi connectivity index (χ2v) is 21.2. The third kappa shape index (κ3) is 15.3. The number of nitrogens with two attached hydrogens (primary N) is 1. The summed E-state index contributed by atoms with van der Waals surface area (Å²) >= 11 is 0. The summed E-state index contributed by atoms with van der Waals surface area (Å²) in [4.78, 5) is 58.4. The number of ether oxygens (including phenoxy) is 4. The van der Waals surface area contributed by atoms with Gasteiger partial charge in [0.2, 0.25) is 5.79 Å². The van der Waals surface area contributed by atoms with Gasteiger partial charge in [-0.2, -0.15) is 0 Å². The molecule has 0 aromatic heterocycles. The van der Waals surface area contributed by atoms with E-state index in [4.69, 9.17) is 24.7 Å². The number of allylic oxidation sites excluding steroid dienone is 5. The number of hydrogen-bond acceptors (Lipinski definition) is 13. The monoisotopic (exact) mass is 976 g/mol. The van der Waals surface area contributed by atoms with E-state index in [2.05, 4.69) is 5.32 Å². The zero-order valence-corrected chi connectivity index (χ0v) is 43.4. The number of anilines is 1. The van der Waals surface area contributed by atoms with Gasteiger partial charge in [0.25, 0.3) is 11.7 Å². The fraction of sp³-hybridized carbons (Fsp3) is 0.679. The summed E-state index contributed by atoms with van der Waals surface area (Å²) in [5, 5.41) is 37.8. The summed E-state index contributed by atoms with van der Waals surface area (Å²) in [6.45, 7) is 13.5. The molecule has 0 radical (unpaired) electrons. The minimum absolute atomic E-state index is 0.0376. The van der Waals surface area contributed by atoms with Crippen molar-refractivity contribution in [1.29, 1.82) is 0 Å². The Bertz CT molecular complexity index is 2040. The van der Waals surface area contributed by atoms with E-state index in [1.54, 1.807) is 27.0 Å². The lowest BCUT2D eigenvalue weighted by Gasteiger charge is -2.43. The zero-order chi connectivity index (χ0) is 51.3. The number of piperidine rings is 1. The Hall–Kier alpha value is -4.02. The summed E-state index contributed by atoms with van der Waals surface area (Å²) in [6, 6.07) is 6.12. The van der Waals surface area contributed by atoms with Crippen molar-refractivity contribution in [2.45, 2.75) is 192 Å². The first kappa shape index (κ1) is 56.9. The molecule has 3 fully saturated rings. The number of aliphatic hydroxyl groups excluding tert-OH is 2. The molecule has 15 atom stereocenters. The number of Topliss-reactive ketones (excluding diaryl/α,β-unsaturated/α-hetero) is 2. The molecule has 390 valence electrons. The summed E-state index contributed by atoms with van der Waals surface area (Å²) < 4.78 is 24.0. The number of cyclic esters (lactones) is 1. The Kier molecular flexibility index (Phi) is 21.6. The molecule has 3 heterocycles. The predicted molar refractivity (Wildman–Crippen MR) is 271 cm³/mol. The average Bonchev–Trinajstić information content (AvgIpc) is 3.33. The number of aliphatic hydroxyl groups is 3. The van der Waals surface area contributed by atoms with Gasteiger partial charge in [-0.05, 0) is 145 Å². The van der Waals surface area contributed by atoms with Gasteiger partial charge in [-0.25, -0.2) is 4.79 Å².